The van der Waals surface area contributed by atoms with Crippen molar-refractivity contribution >= 4 is 34.6 Å². The Balaban J connectivity index is 2.33. The quantitative estimate of drug-likeness (QED) is 0.668. The van der Waals surface area contributed by atoms with E-state index in [2.05, 4.69) is 10.3 Å². The van der Waals surface area contributed by atoms with Gasteiger partial charge in [0.05, 0.1) is 15.0 Å². The number of anilines is 1. The number of nitrogens with zero attached hydrogens (tertiary/aromatic N) is 2. The van der Waals surface area contributed by atoms with Gasteiger partial charge in [-0.1, -0.05) is 23.2 Å². The average Bonchev–Trinajstić information content (AvgIpc) is 2.43. The van der Waals surface area contributed by atoms with E-state index in [1.54, 1.807) is 12.4 Å². The number of benzene rings is 1. The molecule has 7 heteroatoms. The van der Waals surface area contributed by atoms with Gasteiger partial charge in [-0.25, -0.2) is 0 Å². The van der Waals surface area contributed by atoms with Crippen molar-refractivity contribution in [2.45, 2.75) is 13.0 Å². The maximum absolute atomic E-state index is 11.1. The minimum absolute atomic E-state index is 0.111. The Morgan fingerprint density at radius 1 is 1.25 bits per heavy atom. The summed E-state index contributed by atoms with van der Waals surface area (Å²) in [7, 11) is 0. The zero-order valence-electron chi connectivity index (χ0n) is 10.5. The molecule has 0 fully saturated rings. The Labute approximate surface area is 125 Å². The molecule has 0 aliphatic heterocycles. The van der Waals surface area contributed by atoms with E-state index in [0.29, 0.717) is 5.69 Å². The molecule has 0 saturated heterocycles. The maximum atomic E-state index is 11.1. The van der Waals surface area contributed by atoms with Crippen LogP contribution in [0.3, 0.4) is 0 Å². The molecule has 0 bridgehead atoms. The molecule has 20 heavy (non-hydrogen) atoms. The number of nitrogens with one attached hydrogen (secondary N) is 1. The summed E-state index contributed by atoms with van der Waals surface area (Å²) >= 11 is 11.7. The first-order chi connectivity index (χ1) is 9.49. The Hall–Kier alpha value is -1.85. The van der Waals surface area contributed by atoms with E-state index in [0.717, 1.165) is 5.56 Å². The van der Waals surface area contributed by atoms with Gasteiger partial charge in [-0.2, -0.15) is 0 Å². The molecular weight excluding hydrogens is 301 g/mol. The molecule has 1 heterocycles. The predicted octanol–water partition coefficient (Wildman–Crippen LogP) is 4.47. The van der Waals surface area contributed by atoms with Crippen molar-refractivity contribution in [3.05, 3.63) is 62.4 Å². The van der Waals surface area contributed by atoms with E-state index >= 15 is 0 Å². The number of hydrogen-bond acceptors (Lipinski definition) is 4. The highest BCUT2D eigenvalue weighted by Crippen LogP contribution is 2.35. The monoisotopic (exact) mass is 311 g/mol. The van der Waals surface area contributed by atoms with Gasteiger partial charge in [0.2, 0.25) is 0 Å². The molecule has 0 saturated carbocycles. The lowest BCUT2D eigenvalue weighted by molar-refractivity contribution is -0.384. The summed E-state index contributed by atoms with van der Waals surface area (Å²) in [4.78, 5) is 14.5. The molecule has 0 spiro atoms. The number of pyridine rings is 1. The third-order valence-electron chi connectivity index (χ3n) is 2.81. The van der Waals surface area contributed by atoms with E-state index in [4.69, 9.17) is 23.2 Å². The molecular formula is C13H11Cl2N3O2. The van der Waals surface area contributed by atoms with Crippen LogP contribution < -0.4 is 5.32 Å². The van der Waals surface area contributed by atoms with Gasteiger partial charge in [0, 0.05) is 24.5 Å². The van der Waals surface area contributed by atoms with Crippen LogP contribution in [0.25, 0.3) is 0 Å². The maximum Gasteiger partial charge on any atom is 0.293 e. The molecule has 1 atom stereocenters. The summed E-state index contributed by atoms with van der Waals surface area (Å²) in [6.45, 7) is 1.89. The van der Waals surface area contributed by atoms with Crippen molar-refractivity contribution in [1.29, 1.82) is 0 Å². The molecule has 0 amide bonds. The van der Waals surface area contributed by atoms with E-state index < -0.39 is 4.92 Å². The number of halogens is 2. The van der Waals surface area contributed by atoms with Crippen LogP contribution in [0.15, 0.2) is 36.7 Å². The van der Waals surface area contributed by atoms with Gasteiger partial charge in [-0.3, -0.25) is 15.1 Å². The van der Waals surface area contributed by atoms with Gasteiger partial charge < -0.3 is 5.32 Å². The van der Waals surface area contributed by atoms with Gasteiger partial charge >= 0.3 is 0 Å². The van der Waals surface area contributed by atoms with E-state index in [-0.39, 0.29) is 21.8 Å². The number of hydrogen-bond donors (Lipinski definition) is 1. The number of nitro groups is 1. The summed E-state index contributed by atoms with van der Waals surface area (Å²) in [6.07, 6.45) is 3.33. The lowest BCUT2D eigenvalue weighted by Gasteiger charge is -2.16. The molecule has 1 unspecified atom stereocenters. The normalized spacial score (nSPS) is 11.9. The van der Waals surface area contributed by atoms with Gasteiger partial charge in [0.25, 0.3) is 5.69 Å². The number of rotatable bonds is 4. The van der Waals surface area contributed by atoms with Crippen molar-refractivity contribution in [1.82, 2.24) is 4.98 Å². The van der Waals surface area contributed by atoms with Crippen LogP contribution in [-0.4, -0.2) is 9.91 Å². The van der Waals surface area contributed by atoms with Crippen LogP contribution in [0.5, 0.6) is 0 Å². The van der Waals surface area contributed by atoms with Crippen molar-refractivity contribution in [3.63, 3.8) is 0 Å². The summed E-state index contributed by atoms with van der Waals surface area (Å²) in [5.41, 5.74) is 1.18. The molecule has 2 rings (SSSR count). The molecule has 5 nitrogen and oxygen atoms in total. The Bertz CT molecular complexity index is 635. The van der Waals surface area contributed by atoms with E-state index in [9.17, 15) is 10.1 Å². The van der Waals surface area contributed by atoms with Gasteiger partial charge in [-0.15, -0.1) is 0 Å². The summed E-state index contributed by atoms with van der Waals surface area (Å²) in [5.74, 6) is 0. The van der Waals surface area contributed by atoms with Crippen molar-refractivity contribution < 1.29 is 4.92 Å². The largest absolute Gasteiger partial charge is 0.373 e. The molecule has 1 aromatic carbocycles. The highest BCUT2D eigenvalue weighted by molar-refractivity contribution is 6.42. The Morgan fingerprint density at radius 3 is 2.45 bits per heavy atom. The van der Waals surface area contributed by atoms with E-state index in [1.165, 1.54) is 12.1 Å². The van der Waals surface area contributed by atoms with Crippen LogP contribution >= 0.6 is 23.2 Å². The fourth-order valence-electron chi connectivity index (χ4n) is 1.77. The lowest BCUT2D eigenvalue weighted by Crippen LogP contribution is -2.08. The first-order valence-electron chi connectivity index (χ1n) is 5.79. The Kier molecular flexibility index (Phi) is 4.42. The highest BCUT2D eigenvalue weighted by Gasteiger charge is 2.18. The average molecular weight is 312 g/mol. The predicted molar refractivity (Wildman–Crippen MR) is 79.4 cm³/mol. The Morgan fingerprint density at radius 2 is 1.85 bits per heavy atom. The second-order valence-corrected chi connectivity index (χ2v) is 5.00. The zero-order chi connectivity index (χ0) is 14.7. The fourth-order valence-corrected chi connectivity index (χ4v) is 2.09. The standard InChI is InChI=1S/C13H11Cl2N3O2/c1-8(9-2-4-16-5-3-9)17-12-6-10(14)11(15)7-13(12)18(19)20/h2-8,17H,1H3. The van der Waals surface area contributed by atoms with E-state index in [1.807, 2.05) is 19.1 Å². The number of aromatic nitrogens is 1. The summed E-state index contributed by atoms with van der Waals surface area (Å²) < 4.78 is 0. The topological polar surface area (TPSA) is 68.1 Å². The smallest absolute Gasteiger partial charge is 0.293 e. The zero-order valence-corrected chi connectivity index (χ0v) is 12.0. The minimum atomic E-state index is -0.496. The van der Waals surface area contributed by atoms with Crippen LogP contribution in [0.2, 0.25) is 10.0 Å². The van der Waals surface area contributed by atoms with Gasteiger partial charge in [-0.05, 0) is 30.7 Å². The third-order valence-corrected chi connectivity index (χ3v) is 3.54. The summed E-state index contributed by atoms with van der Waals surface area (Å²) in [6, 6.07) is 6.24. The SMILES string of the molecule is CC(Nc1cc(Cl)c(Cl)cc1[N+](=O)[O-])c1ccncc1. The first kappa shape index (κ1) is 14.6. The third kappa shape index (κ3) is 3.18. The minimum Gasteiger partial charge on any atom is -0.373 e. The van der Waals surface area contributed by atoms with Crippen LogP contribution in [-0.2, 0) is 0 Å². The summed E-state index contributed by atoms with van der Waals surface area (Å²) in [5, 5.41) is 14.5. The van der Waals surface area contributed by atoms with Gasteiger partial charge in [0.15, 0.2) is 0 Å². The highest BCUT2D eigenvalue weighted by atomic mass is 35.5. The molecule has 0 radical (unpaired) electrons. The molecule has 2 aromatic rings. The lowest BCUT2D eigenvalue weighted by atomic mass is 10.1. The first-order valence-corrected chi connectivity index (χ1v) is 6.54. The number of nitro benzene ring substituents is 1. The van der Waals surface area contributed by atoms with Crippen molar-refractivity contribution in [2.75, 3.05) is 5.32 Å². The van der Waals surface area contributed by atoms with Crippen molar-refractivity contribution in [3.8, 4) is 0 Å². The second-order valence-electron chi connectivity index (χ2n) is 4.19. The van der Waals surface area contributed by atoms with Crippen LogP contribution in [0, 0.1) is 10.1 Å². The van der Waals surface area contributed by atoms with Gasteiger partial charge in [0.1, 0.15) is 5.69 Å². The van der Waals surface area contributed by atoms with Crippen LogP contribution in [0.1, 0.15) is 18.5 Å². The second kappa shape index (κ2) is 6.07. The molecule has 1 aromatic heterocycles. The molecule has 0 aliphatic rings. The fraction of sp³-hybridized carbons (Fsp3) is 0.154. The van der Waals surface area contributed by atoms with Crippen LogP contribution in [0.4, 0.5) is 11.4 Å². The molecule has 0 aliphatic carbocycles. The molecule has 1 N–H and O–H groups in total. The molecule has 104 valence electrons. The van der Waals surface area contributed by atoms with Crippen molar-refractivity contribution in [2.24, 2.45) is 0 Å².